The van der Waals surface area contributed by atoms with E-state index in [2.05, 4.69) is 16.5 Å². The molecule has 2 aliphatic carbocycles. The highest BCUT2D eigenvalue weighted by Gasteiger charge is 2.29. The van der Waals surface area contributed by atoms with Crippen LogP contribution < -0.4 is 5.32 Å². The van der Waals surface area contributed by atoms with E-state index in [1.165, 1.54) is 37.0 Å². The molecule has 3 aromatic rings. The van der Waals surface area contributed by atoms with E-state index in [1.54, 1.807) is 24.2 Å². The van der Waals surface area contributed by atoms with E-state index in [0.717, 1.165) is 49.4 Å². The van der Waals surface area contributed by atoms with Crippen molar-refractivity contribution in [1.82, 2.24) is 19.8 Å². The molecule has 2 amide bonds. The van der Waals surface area contributed by atoms with Crippen LogP contribution in [0.4, 0.5) is 4.39 Å². The number of hydrogen-bond donors (Lipinski definition) is 1. The highest BCUT2D eigenvalue weighted by molar-refractivity contribution is 5.99. The topological polar surface area (TPSA) is 67.2 Å². The molecule has 1 aromatic carbocycles. The number of hydrogen-bond acceptors (Lipinski definition) is 3. The molecule has 7 heteroatoms. The molecule has 0 spiro atoms. The molecule has 6 nitrogen and oxygen atoms in total. The van der Waals surface area contributed by atoms with Gasteiger partial charge in [0, 0.05) is 42.8 Å². The Balaban J connectivity index is 1.40. The van der Waals surface area contributed by atoms with Gasteiger partial charge < -0.3 is 14.8 Å². The lowest BCUT2D eigenvalue weighted by Crippen LogP contribution is -2.41. The van der Waals surface area contributed by atoms with Gasteiger partial charge in [0.2, 0.25) is 5.91 Å². The Bertz CT molecular complexity index is 1300. The quantitative estimate of drug-likeness (QED) is 0.412. The standard InChI is InChI=1S/C31H39FN4O2/c1-20(2)35(3)31(38)26-17-23(32)11-14-28(26)36-19-27(25-15-16-33-18-29(25)36)21-9-12-24(13-10-21)34-30(37)22-7-5-4-6-8-22/h11,14-22,24H,4-10,12-13H2,1-3H3,(H,34,37). The van der Waals surface area contributed by atoms with Crippen LogP contribution in [0.2, 0.25) is 0 Å². The molecule has 2 aromatic heterocycles. The summed E-state index contributed by atoms with van der Waals surface area (Å²) in [6.07, 6.45) is 15.2. The average Bonchev–Trinajstić information content (AvgIpc) is 3.32. The third kappa shape index (κ3) is 5.33. The zero-order valence-corrected chi connectivity index (χ0v) is 22.8. The SMILES string of the molecule is CC(C)N(C)C(=O)c1cc(F)ccc1-n1cc(C2CCC(NC(=O)C3CCCCC3)CC2)c2ccncc21. The fourth-order valence-electron chi connectivity index (χ4n) is 6.17. The second-order valence-corrected chi connectivity index (χ2v) is 11.4. The summed E-state index contributed by atoms with van der Waals surface area (Å²) in [5.74, 6) is 0.139. The molecule has 0 unspecified atom stereocenters. The largest absolute Gasteiger partial charge is 0.353 e. The zero-order valence-electron chi connectivity index (χ0n) is 22.8. The highest BCUT2D eigenvalue weighted by atomic mass is 19.1. The molecule has 0 atom stereocenters. The second-order valence-electron chi connectivity index (χ2n) is 11.4. The highest BCUT2D eigenvalue weighted by Crippen LogP contribution is 2.39. The first kappa shape index (κ1) is 26.4. The third-order valence-electron chi connectivity index (χ3n) is 8.67. The van der Waals surface area contributed by atoms with Crippen molar-refractivity contribution in [3.8, 4) is 5.69 Å². The van der Waals surface area contributed by atoms with E-state index < -0.39 is 5.82 Å². The molecular weight excluding hydrogens is 479 g/mol. The number of amides is 2. The molecule has 0 bridgehead atoms. The first-order valence-electron chi connectivity index (χ1n) is 14.2. The first-order chi connectivity index (χ1) is 18.3. The Kier molecular flexibility index (Phi) is 7.82. The van der Waals surface area contributed by atoms with Crippen LogP contribution in [0.5, 0.6) is 0 Å². The van der Waals surface area contributed by atoms with E-state index in [4.69, 9.17) is 0 Å². The van der Waals surface area contributed by atoms with Crippen molar-refractivity contribution in [3.63, 3.8) is 0 Å². The lowest BCUT2D eigenvalue weighted by Gasteiger charge is -2.31. The van der Waals surface area contributed by atoms with Crippen molar-refractivity contribution in [1.29, 1.82) is 0 Å². The molecule has 5 rings (SSSR count). The number of nitrogens with zero attached hydrogens (tertiary/aromatic N) is 3. The predicted octanol–water partition coefficient (Wildman–Crippen LogP) is 6.37. The smallest absolute Gasteiger partial charge is 0.256 e. The van der Waals surface area contributed by atoms with Crippen molar-refractivity contribution < 1.29 is 14.0 Å². The average molecular weight is 519 g/mol. The van der Waals surface area contributed by atoms with Gasteiger partial charge in [0.05, 0.1) is 23.0 Å². The molecule has 2 fully saturated rings. The Morgan fingerprint density at radius 2 is 1.79 bits per heavy atom. The van der Waals surface area contributed by atoms with E-state index in [9.17, 15) is 14.0 Å². The Labute approximate surface area is 224 Å². The van der Waals surface area contributed by atoms with Crippen molar-refractivity contribution in [2.45, 2.75) is 89.6 Å². The number of nitrogens with one attached hydrogen (secondary N) is 1. The van der Waals surface area contributed by atoms with Gasteiger partial charge in [-0.25, -0.2) is 4.39 Å². The minimum absolute atomic E-state index is 0.00830. The van der Waals surface area contributed by atoms with Gasteiger partial charge in [-0.1, -0.05) is 19.3 Å². The van der Waals surface area contributed by atoms with E-state index in [0.29, 0.717) is 17.2 Å². The minimum atomic E-state index is -0.433. The van der Waals surface area contributed by atoms with Crippen LogP contribution in [0.25, 0.3) is 16.6 Å². The number of rotatable bonds is 6. The van der Waals surface area contributed by atoms with Gasteiger partial charge in [-0.3, -0.25) is 14.6 Å². The third-order valence-corrected chi connectivity index (χ3v) is 8.67. The van der Waals surface area contributed by atoms with Gasteiger partial charge in [-0.15, -0.1) is 0 Å². The van der Waals surface area contributed by atoms with Crippen LogP contribution in [-0.2, 0) is 4.79 Å². The summed E-state index contributed by atoms with van der Waals surface area (Å²) in [7, 11) is 1.74. The van der Waals surface area contributed by atoms with Gasteiger partial charge in [0.1, 0.15) is 5.82 Å². The Hall–Kier alpha value is -3.22. The number of carbonyl (C=O) groups is 2. The lowest BCUT2D eigenvalue weighted by molar-refractivity contribution is -0.126. The lowest BCUT2D eigenvalue weighted by atomic mass is 9.81. The number of aromatic nitrogens is 2. The molecule has 1 N–H and O–H groups in total. The monoisotopic (exact) mass is 518 g/mol. The molecule has 202 valence electrons. The summed E-state index contributed by atoms with van der Waals surface area (Å²) in [6.45, 7) is 3.88. The molecular formula is C31H39FN4O2. The van der Waals surface area contributed by atoms with Crippen molar-refractivity contribution in [2.75, 3.05) is 7.05 Å². The summed E-state index contributed by atoms with van der Waals surface area (Å²) in [6, 6.07) is 6.69. The van der Waals surface area contributed by atoms with Gasteiger partial charge in [0.25, 0.3) is 5.91 Å². The fourth-order valence-corrected chi connectivity index (χ4v) is 6.17. The maximum absolute atomic E-state index is 14.3. The van der Waals surface area contributed by atoms with Gasteiger partial charge in [-0.2, -0.15) is 0 Å². The van der Waals surface area contributed by atoms with Crippen LogP contribution >= 0.6 is 0 Å². The number of fused-ring (bicyclic) bond motifs is 1. The fraction of sp³-hybridized carbons (Fsp3) is 0.516. The molecule has 2 heterocycles. The maximum atomic E-state index is 14.3. The normalized spacial score (nSPS) is 20.6. The van der Waals surface area contributed by atoms with Crippen LogP contribution in [0.1, 0.15) is 93.5 Å². The molecule has 0 saturated heterocycles. The molecule has 38 heavy (non-hydrogen) atoms. The number of halogens is 1. The van der Waals surface area contributed by atoms with Crippen LogP contribution in [0, 0.1) is 11.7 Å². The van der Waals surface area contributed by atoms with E-state index >= 15 is 0 Å². The summed E-state index contributed by atoms with van der Waals surface area (Å²) < 4.78 is 16.3. The van der Waals surface area contributed by atoms with Crippen LogP contribution in [0.3, 0.4) is 0 Å². The summed E-state index contributed by atoms with van der Waals surface area (Å²) in [4.78, 5) is 32.1. The molecule has 0 radical (unpaired) electrons. The van der Waals surface area contributed by atoms with Crippen molar-refractivity contribution in [2.24, 2.45) is 5.92 Å². The number of benzene rings is 1. The molecule has 2 saturated carbocycles. The first-order valence-corrected chi connectivity index (χ1v) is 14.2. The van der Waals surface area contributed by atoms with Crippen molar-refractivity contribution in [3.05, 3.63) is 59.8 Å². The number of carbonyl (C=O) groups excluding carboxylic acids is 2. The Morgan fingerprint density at radius 1 is 1.05 bits per heavy atom. The predicted molar refractivity (Wildman–Crippen MR) is 148 cm³/mol. The van der Waals surface area contributed by atoms with Gasteiger partial charge in [0.15, 0.2) is 0 Å². The van der Waals surface area contributed by atoms with Crippen LogP contribution in [-0.4, -0.2) is 45.4 Å². The molecule has 0 aliphatic heterocycles. The summed E-state index contributed by atoms with van der Waals surface area (Å²) in [5, 5.41) is 4.45. The van der Waals surface area contributed by atoms with E-state index in [1.807, 2.05) is 30.7 Å². The van der Waals surface area contributed by atoms with Gasteiger partial charge in [-0.05, 0) is 88.1 Å². The maximum Gasteiger partial charge on any atom is 0.256 e. The van der Waals surface area contributed by atoms with E-state index in [-0.39, 0.29) is 29.8 Å². The number of pyridine rings is 1. The van der Waals surface area contributed by atoms with Crippen LogP contribution in [0.15, 0.2) is 42.9 Å². The second kappa shape index (κ2) is 11.3. The van der Waals surface area contributed by atoms with Crippen molar-refractivity contribution >= 4 is 22.7 Å². The van der Waals surface area contributed by atoms with Gasteiger partial charge >= 0.3 is 0 Å². The summed E-state index contributed by atoms with van der Waals surface area (Å²) in [5.41, 5.74) is 3.12. The summed E-state index contributed by atoms with van der Waals surface area (Å²) >= 11 is 0. The molecule has 2 aliphatic rings. The Morgan fingerprint density at radius 3 is 2.50 bits per heavy atom. The minimum Gasteiger partial charge on any atom is -0.353 e. The zero-order chi connectivity index (χ0) is 26.8.